The van der Waals surface area contributed by atoms with Gasteiger partial charge in [-0.2, -0.15) is 0 Å². The number of hydrogen-bond donors (Lipinski definition) is 1. The van der Waals surface area contributed by atoms with Crippen molar-refractivity contribution in [3.63, 3.8) is 0 Å². The average molecular weight is 403 g/mol. The smallest absolute Gasteiger partial charge is 0.244 e. The number of hydrogen-bond acceptors (Lipinski definition) is 2. The molecule has 0 aliphatic carbocycles. The van der Waals surface area contributed by atoms with Crippen LogP contribution in [-0.4, -0.2) is 29.9 Å². The predicted molar refractivity (Wildman–Crippen MR) is 101 cm³/mol. The second-order valence-electron chi connectivity index (χ2n) is 6.21. The number of nitrogens with one attached hydrogen (secondary N) is 1. The van der Waals surface area contributed by atoms with Crippen molar-refractivity contribution in [2.75, 3.05) is 13.1 Å². The number of likely N-dealkylation sites (tertiary alicyclic amines) is 1. The van der Waals surface area contributed by atoms with Crippen LogP contribution in [0.1, 0.15) is 17.5 Å². The Morgan fingerprint density at radius 1 is 1.28 bits per heavy atom. The number of halogens is 2. The molecular formula is C20H20BrFN2O. The van der Waals surface area contributed by atoms with Gasteiger partial charge in [0.05, 0.1) is 0 Å². The molecule has 0 radical (unpaired) electrons. The summed E-state index contributed by atoms with van der Waals surface area (Å²) in [5.74, 6) is -0.534. The number of rotatable bonds is 5. The molecule has 0 bridgehead atoms. The summed E-state index contributed by atoms with van der Waals surface area (Å²) < 4.78 is 14.5. The van der Waals surface area contributed by atoms with E-state index in [0.717, 1.165) is 30.5 Å². The summed E-state index contributed by atoms with van der Waals surface area (Å²) in [4.78, 5) is 14.4. The van der Waals surface area contributed by atoms with Gasteiger partial charge in [0, 0.05) is 41.8 Å². The second-order valence-corrected chi connectivity index (χ2v) is 7.13. The van der Waals surface area contributed by atoms with Crippen molar-refractivity contribution in [2.45, 2.75) is 19.0 Å². The standard InChI is InChI=1S/C20H20BrFN2O/c21-17-7-8-19(22)16(12-17)6-9-20(25)23-18-10-11-24(14-18)13-15-4-2-1-3-5-15/h1-9,12,18H,10-11,13-14H2,(H,23,25)/b9-6+. The Kier molecular flexibility index (Phi) is 6.00. The summed E-state index contributed by atoms with van der Waals surface area (Å²) in [7, 11) is 0. The van der Waals surface area contributed by atoms with Crippen LogP contribution in [0.15, 0.2) is 59.1 Å². The molecule has 3 rings (SSSR count). The summed E-state index contributed by atoms with van der Waals surface area (Å²) in [5, 5.41) is 3.00. The van der Waals surface area contributed by atoms with Gasteiger partial charge in [-0.1, -0.05) is 46.3 Å². The van der Waals surface area contributed by atoms with Gasteiger partial charge in [0.1, 0.15) is 5.82 Å². The molecule has 1 N–H and O–H groups in total. The van der Waals surface area contributed by atoms with E-state index in [9.17, 15) is 9.18 Å². The third-order valence-electron chi connectivity index (χ3n) is 4.24. The van der Waals surface area contributed by atoms with Crippen molar-refractivity contribution in [3.8, 4) is 0 Å². The summed E-state index contributed by atoms with van der Waals surface area (Å²) in [6.45, 7) is 2.69. The lowest BCUT2D eigenvalue weighted by Gasteiger charge is -2.16. The third kappa shape index (κ3) is 5.25. The SMILES string of the molecule is O=C(/C=C/c1cc(Br)ccc1F)NC1CCN(Cc2ccccc2)C1. The fourth-order valence-corrected chi connectivity index (χ4v) is 3.37. The first-order chi connectivity index (χ1) is 12.1. The first kappa shape index (κ1) is 17.8. The highest BCUT2D eigenvalue weighted by atomic mass is 79.9. The molecule has 2 aromatic rings. The molecule has 1 unspecified atom stereocenters. The Morgan fingerprint density at radius 2 is 2.08 bits per heavy atom. The fraction of sp³-hybridized carbons (Fsp3) is 0.250. The highest BCUT2D eigenvalue weighted by Crippen LogP contribution is 2.17. The van der Waals surface area contributed by atoms with Crippen molar-refractivity contribution in [2.24, 2.45) is 0 Å². The zero-order valence-corrected chi connectivity index (χ0v) is 15.4. The van der Waals surface area contributed by atoms with Crippen molar-refractivity contribution in [3.05, 3.63) is 76.0 Å². The fourth-order valence-electron chi connectivity index (χ4n) is 2.99. The number of carbonyl (C=O) groups is 1. The number of amides is 1. The topological polar surface area (TPSA) is 32.3 Å². The van der Waals surface area contributed by atoms with Crippen LogP contribution in [0.4, 0.5) is 4.39 Å². The summed E-state index contributed by atoms with van der Waals surface area (Å²) >= 11 is 3.30. The van der Waals surface area contributed by atoms with E-state index >= 15 is 0 Å². The van der Waals surface area contributed by atoms with E-state index in [0.29, 0.717) is 5.56 Å². The lowest BCUT2D eigenvalue weighted by atomic mass is 10.2. The van der Waals surface area contributed by atoms with Gasteiger partial charge in [-0.25, -0.2) is 4.39 Å². The minimum absolute atomic E-state index is 0.133. The van der Waals surface area contributed by atoms with E-state index in [-0.39, 0.29) is 17.8 Å². The van der Waals surface area contributed by atoms with E-state index in [1.165, 1.54) is 23.8 Å². The zero-order chi connectivity index (χ0) is 17.6. The predicted octanol–water partition coefficient (Wildman–Crippen LogP) is 3.99. The Morgan fingerprint density at radius 3 is 2.88 bits per heavy atom. The Hall–Kier alpha value is -1.98. The Labute approximate surface area is 155 Å². The first-order valence-electron chi connectivity index (χ1n) is 8.30. The normalized spacial score (nSPS) is 17.9. The molecule has 1 aliphatic heterocycles. The molecule has 130 valence electrons. The van der Waals surface area contributed by atoms with Crippen molar-refractivity contribution >= 4 is 27.9 Å². The van der Waals surface area contributed by atoms with E-state index < -0.39 is 0 Å². The van der Waals surface area contributed by atoms with Gasteiger partial charge >= 0.3 is 0 Å². The third-order valence-corrected chi connectivity index (χ3v) is 4.73. The van der Waals surface area contributed by atoms with Crippen LogP contribution in [0, 0.1) is 5.82 Å². The van der Waals surface area contributed by atoms with Crippen LogP contribution < -0.4 is 5.32 Å². The van der Waals surface area contributed by atoms with Gasteiger partial charge in [0.25, 0.3) is 0 Å². The van der Waals surface area contributed by atoms with Crippen molar-refractivity contribution in [1.29, 1.82) is 0 Å². The largest absolute Gasteiger partial charge is 0.348 e. The van der Waals surface area contributed by atoms with Crippen LogP contribution in [0.5, 0.6) is 0 Å². The quantitative estimate of drug-likeness (QED) is 0.766. The molecule has 2 aromatic carbocycles. The highest BCUT2D eigenvalue weighted by molar-refractivity contribution is 9.10. The molecule has 1 aliphatic rings. The van der Waals surface area contributed by atoms with E-state index in [1.807, 2.05) is 18.2 Å². The lowest BCUT2D eigenvalue weighted by molar-refractivity contribution is -0.117. The number of carbonyl (C=O) groups excluding carboxylic acids is 1. The Balaban J connectivity index is 1.50. The molecule has 1 heterocycles. The van der Waals surface area contributed by atoms with Crippen LogP contribution >= 0.6 is 15.9 Å². The maximum absolute atomic E-state index is 13.7. The molecule has 0 aromatic heterocycles. The first-order valence-corrected chi connectivity index (χ1v) is 9.09. The summed E-state index contributed by atoms with van der Waals surface area (Å²) in [6, 6.07) is 15.1. The van der Waals surface area contributed by atoms with Crippen LogP contribution in [0.2, 0.25) is 0 Å². The summed E-state index contributed by atoms with van der Waals surface area (Å²) in [6.07, 6.45) is 3.83. The van der Waals surface area contributed by atoms with Gasteiger partial charge in [0.2, 0.25) is 5.91 Å². The molecule has 1 saturated heterocycles. The molecule has 5 heteroatoms. The average Bonchev–Trinajstić information content (AvgIpc) is 3.03. The van der Waals surface area contributed by atoms with Crippen molar-refractivity contribution in [1.82, 2.24) is 10.2 Å². The highest BCUT2D eigenvalue weighted by Gasteiger charge is 2.23. The molecule has 1 fully saturated rings. The van der Waals surface area contributed by atoms with Crippen LogP contribution in [0.25, 0.3) is 6.08 Å². The lowest BCUT2D eigenvalue weighted by Crippen LogP contribution is -2.35. The molecule has 1 amide bonds. The maximum Gasteiger partial charge on any atom is 0.244 e. The second kappa shape index (κ2) is 8.41. The van der Waals surface area contributed by atoms with E-state index in [2.05, 4.69) is 38.3 Å². The summed E-state index contributed by atoms with van der Waals surface area (Å²) in [5.41, 5.74) is 1.67. The van der Waals surface area contributed by atoms with Gasteiger partial charge in [-0.3, -0.25) is 9.69 Å². The minimum Gasteiger partial charge on any atom is -0.348 e. The van der Waals surface area contributed by atoms with Crippen molar-refractivity contribution < 1.29 is 9.18 Å². The van der Waals surface area contributed by atoms with Gasteiger partial charge in [-0.05, 0) is 36.3 Å². The van der Waals surface area contributed by atoms with Gasteiger partial charge in [-0.15, -0.1) is 0 Å². The van der Waals surface area contributed by atoms with E-state index in [4.69, 9.17) is 0 Å². The molecule has 3 nitrogen and oxygen atoms in total. The number of nitrogens with zero attached hydrogens (tertiary/aromatic N) is 1. The maximum atomic E-state index is 13.7. The van der Waals surface area contributed by atoms with Crippen LogP contribution in [0.3, 0.4) is 0 Å². The number of benzene rings is 2. The van der Waals surface area contributed by atoms with E-state index in [1.54, 1.807) is 12.1 Å². The van der Waals surface area contributed by atoms with Gasteiger partial charge < -0.3 is 5.32 Å². The molecular weight excluding hydrogens is 383 g/mol. The zero-order valence-electron chi connectivity index (χ0n) is 13.8. The Bertz CT molecular complexity index is 764. The molecule has 0 saturated carbocycles. The minimum atomic E-state index is -0.345. The molecule has 25 heavy (non-hydrogen) atoms. The monoisotopic (exact) mass is 402 g/mol. The van der Waals surface area contributed by atoms with Crippen LogP contribution in [-0.2, 0) is 11.3 Å². The van der Waals surface area contributed by atoms with Gasteiger partial charge in [0.15, 0.2) is 0 Å². The molecule has 0 spiro atoms. The molecule has 1 atom stereocenters.